The van der Waals surface area contributed by atoms with Gasteiger partial charge in [0.1, 0.15) is 0 Å². The molecule has 1 atom stereocenters. The number of hydrogen-bond donors (Lipinski definition) is 0. The molecule has 0 radical (unpaired) electrons. The van der Waals surface area contributed by atoms with Gasteiger partial charge in [-0.05, 0) is 36.4 Å². The Morgan fingerprint density at radius 3 is 2.78 bits per heavy atom. The predicted octanol–water partition coefficient (Wildman–Crippen LogP) is 4.74. The SMILES string of the molecule is CN1Cc2sc(Cl)cc2[C@H](c2ccc(Br)cc2)C1. The van der Waals surface area contributed by atoms with Crippen molar-refractivity contribution in [1.82, 2.24) is 4.90 Å². The molecule has 0 spiro atoms. The number of benzene rings is 1. The Labute approximate surface area is 125 Å². The lowest BCUT2D eigenvalue weighted by atomic mass is 9.89. The molecule has 2 heterocycles. The van der Waals surface area contributed by atoms with Crippen LogP contribution in [0.1, 0.15) is 21.9 Å². The molecule has 0 unspecified atom stereocenters. The molecule has 0 fully saturated rings. The van der Waals surface area contributed by atoms with Gasteiger partial charge < -0.3 is 4.90 Å². The summed E-state index contributed by atoms with van der Waals surface area (Å²) in [6.07, 6.45) is 0. The van der Waals surface area contributed by atoms with Gasteiger partial charge in [0.25, 0.3) is 0 Å². The zero-order chi connectivity index (χ0) is 12.7. The van der Waals surface area contributed by atoms with Crippen molar-refractivity contribution in [2.45, 2.75) is 12.5 Å². The molecule has 94 valence electrons. The first-order valence-corrected chi connectivity index (χ1v) is 7.84. The van der Waals surface area contributed by atoms with E-state index in [9.17, 15) is 0 Å². The minimum Gasteiger partial charge on any atom is -0.300 e. The van der Waals surface area contributed by atoms with E-state index >= 15 is 0 Å². The lowest BCUT2D eigenvalue weighted by Crippen LogP contribution is -2.29. The summed E-state index contributed by atoms with van der Waals surface area (Å²) in [7, 11) is 2.17. The van der Waals surface area contributed by atoms with Crippen LogP contribution in [0.2, 0.25) is 4.34 Å². The maximum Gasteiger partial charge on any atom is 0.0934 e. The summed E-state index contributed by atoms with van der Waals surface area (Å²) >= 11 is 11.4. The van der Waals surface area contributed by atoms with Crippen molar-refractivity contribution < 1.29 is 0 Å². The molecule has 1 nitrogen and oxygen atoms in total. The monoisotopic (exact) mass is 341 g/mol. The topological polar surface area (TPSA) is 3.24 Å². The summed E-state index contributed by atoms with van der Waals surface area (Å²) in [4.78, 5) is 3.77. The Morgan fingerprint density at radius 2 is 2.06 bits per heavy atom. The quantitative estimate of drug-likeness (QED) is 0.723. The Hall–Kier alpha value is -0.350. The molecule has 0 N–H and O–H groups in total. The van der Waals surface area contributed by atoms with Crippen molar-refractivity contribution in [3.63, 3.8) is 0 Å². The molecular formula is C14H13BrClNS. The van der Waals surface area contributed by atoms with Crippen LogP contribution in [0.5, 0.6) is 0 Å². The van der Waals surface area contributed by atoms with E-state index in [2.05, 4.69) is 58.2 Å². The van der Waals surface area contributed by atoms with Crippen molar-refractivity contribution in [2.75, 3.05) is 13.6 Å². The number of thiophene rings is 1. The molecule has 1 aliphatic heterocycles. The first-order valence-electron chi connectivity index (χ1n) is 5.85. The number of nitrogens with zero attached hydrogens (tertiary/aromatic N) is 1. The van der Waals surface area contributed by atoms with E-state index in [1.165, 1.54) is 16.0 Å². The van der Waals surface area contributed by atoms with Gasteiger partial charge in [-0.25, -0.2) is 0 Å². The summed E-state index contributed by atoms with van der Waals surface area (Å²) in [5.41, 5.74) is 2.77. The molecule has 0 bridgehead atoms. The zero-order valence-corrected chi connectivity index (χ0v) is 13.1. The smallest absolute Gasteiger partial charge is 0.0934 e. The predicted molar refractivity (Wildman–Crippen MR) is 81.6 cm³/mol. The van der Waals surface area contributed by atoms with Crippen molar-refractivity contribution in [3.05, 3.63) is 55.1 Å². The zero-order valence-electron chi connectivity index (χ0n) is 9.99. The molecule has 18 heavy (non-hydrogen) atoms. The normalized spacial score (nSPS) is 19.8. The van der Waals surface area contributed by atoms with Crippen LogP contribution in [0.15, 0.2) is 34.8 Å². The van der Waals surface area contributed by atoms with Gasteiger partial charge in [-0.1, -0.05) is 39.7 Å². The van der Waals surface area contributed by atoms with Gasteiger partial charge in [-0.3, -0.25) is 0 Å². The molecule has 0 amide bonds. The first kappa shape index (κ1) is 12.7. The van der Waals surface area contributed by atoms with Gasteiger partial charge in [0, 0.05) is 28.4 Å². The molecule has 1 aromatic heterocycles. The van der Waals surface area contributed by atoms with E-state index in [-0.39, 0.29) is 0 Å². The standard InChI is InChI=1S/C14H13BrClNS/c1-17-7-12(9-2-4-10(15)5-3-9)11-6-14(16)18-13(11)8-17/h2-6,12H,7-8H2,1H3/t12-/m0/s1. The molecule has 0 saturated carbocycles. The number of halogens is 2. The van der Waals surface area contributed by atoms with Gasteiger partial charge in [0.2, 0.25) is 0 Å². The van der Waals surface area contributed by atoms with Crippen molar-refractivity contribution in [2.24, 2.45) is 0 Å². The number of hydrogen-bond acceptors (Lipinski definition) is 2. The van der Waals surface area contributed by atoms with Crippen LogP contribution in [-0.2, 0) is 6.54 Å². The largest absolute Gasteiger partial charge is 0.300 e. The van der Waals surface area contributed by atoms with Crippen LogP contribution in [-0.4, -0.2) is 18.5 Å². The van der Waals surface area contributed by atoms with Crippen LogP contribution in [0.3, 0.4) is 0 Å². The van der Waals surface area contributed by atoms with E-state index in [4.69, 9.17) is 11.6 Å². The molecule has 0 saturated heterocycles. The van der Waals surface area contributed by atoms with E-state index in [0.717, 1.165) is 21.9 Å². The maximum absolute atomic E-state index is 6.17. The Morgan fingerprint density at radius 1 is 1.33 bits per heavy atom. The van der Waals surface area contributed by atoms with E-state index in [1.807, 2.05) is 0 Å². The van der Waals surface area contributed by atoms with Gasteiger partial charge in [-0.2, -0.15) is 0 Å². The Bertz CT molecular complexity index is 564. The summed E-state index contributed by atoms with van der Waals surface area (Å²) in [5, 5.41) is 0. The summed E-state index contributed by atoms with van der Waals surface area (Å²) in [5.74, 6) is 0.440. The minimum absolute atomic E-state index is 0.440. The van der Waals surface area contributed by atoms with Gasteiger partial charge >= 0.3 is 0 Å². The van der Waals surface area contributed by atoms with E-state index in [1.54, 1.807) is 11.3 Å². The second-order valence-electron chi connectivity index (χ2n) is 4.73. The van der Waals surface area contributed by atoms with Crippen LogP contribution < -0.4 is 0 Å². The van der Waals surface area contributed by atoms with E-state index < -0.39 is 0 Å². The number of likely N-dealkylation sites (N-methyl/N-ethyl adjacent to an activating group) is 1. The molecule has 0 aliphatic carbocycles. The third-order valence-electron chi connectivity index (χ3n) is 3.37. The Kier molecular flexibility index (Phi) is 3.50. The Balaban J connectivity index is 2.04. The van der Waals surface area contributed by atoms with Crippen molar-refractivity contribution in [3.8, 4) is 0 Å². The van der Waals surface area contributed by atoms with Crippen LogP contribution in [0, 0.1) is 0 Å². The minimum atomic E-state index is 0.440. The lowest BCUT2D eigenvalue weighted by Gasteiger charge is -2.30. The van der Waals surface area contributed by atoms with Crippen molar-refractivity contribution >= 4 is 38.9 Å². The lowest BCUT2D eigenvalue weighted by molar-refractivity contribution is 0.299. The summed E-state index contributed by atoms with van der Waals surface area (Å²) < 4.78 is 2.02. The number of rotatable bonds is 1. The fourth-order valence-corrected chi connectivity index (χ4v) is 4.21. The fourth-order valence-electron chi connectivity index (χ4n) is 2.53. The molecule has 1 aliphatic rings. The third-order valence-corrected chi connectivity index (χ3v) is 5.16. The second kappa shape index (κ2) is 4.97. The van der Waals surface area contributed by atoms with Crippen LogP contribution in [0.25, 0.3) is 0 Å². The first-order chi connectivity index (χ1) is 8.63. The highest BCUT2D eigenvalue weighted by Gasteiger charge is 2.26. The highest BCUT2D eigenvalue weighted by atomic mass is 79.9. The fraction of sp³-hybridized carbons (Fsp3) is 0.286. The van der Waals surface area contributed by atoms with Gasteiger partial charge in [0.05, 0.1) is 4.34 Å². The van der Waals surface area contributed by atoms with Crippen LogP contribution in [0.4, 0.5) is 0 Å². The third kappa shape index (κ3) is 2.37. The van der Waals surface area contributed by atoms with Gasteiger partial charge in [-0.15, -0.1) is 11.3 Å². The van der Waals surface area contributed by atoms with Gasteiger partial charge in [0.15, 0.2) is 0 Å². The van der Waals surface area contributed by atoms with Crippen LogP contribution >= 0.6 is 38.9 Å². The van der Waals surface area contributed by atoms with E-state index in [0.29, 0.717) is 5.92 Å². The summed E-state index contributed by atoms with van der Waals surface area (Å²) in [6.45, 7) is 2.07. The average Bonchev–Trinajstić information content (AvgIpc) is 2.69. The highest BCUT2D eigenvalue weighted by Crippen LogP contribution is 2.39. The molecule has 4 heteroatoms. The number of fused-ring (bicyclic) bond motifs is 1. The second-order valence-corrected chi connectivity index (χ2v) is 7.41. The average molecular weight is 343 g/mol. The molecule has 1 aromatic carbocycles. The molecular weight excluding hydrogens is 330 g/mol. The molecule has 2 aromatic rings. The van der Waals surface area contributed by atoms with Crippen molar-refractivity contribution in [1.29, 1.82) is 0 Å². The highest BCUT2D eigenvalue weighted by molar-refractivity contribution is 9.10. The summed E-state index contributed by atoms with van der Waals surface area (Å²) in [6, 6.07) is 10.8. The maximum atomic E-state index is 6.17. The molecule has 3 rings (SSSR count).